The molecule has 2 aromatic heterocycles. The predicted octanol–water partition coefficient (Wildman–Crippen LogP) is 4.55. The lowest BCUT2D eigenvalue weighted by Gasteiger charge is -2.15. The Morgan fingerprint density at radius 2 is 2.00 bits per heavy atom. The van der Waals surface area contributed by atoms with Gasteiger partial charge in [-0.15, -0.1) is 0 Å². The highest BCUT2D eigenvalue weighted by Gasteiger charge is 2.10. The fraction of sp³-hybridized carbons (Fsp3) is 0.217. The van der Waals surface area contributed by atoms with Crippen LogP contribution < -0.4 is 5.32 Å². The van der Waals surface area contributed by atoms with Crippen LogP contribution in [0.3, 0.4) is 0 Å². The number of fused-ring (bicyclic) bond motifs is 1. The van der Waals surface area contributed by atoms with Gasteiger partial charge in [0.25, 0.3) is 0 Å². The monoisotopic (exact) mass is 372 g/mol. The van der Waals surface area contributed by atoms with Crippen LogP contribution in [0.5, 0.6) is 0 Å². The largest absolute Gasteiger partial charge is 0.361 e. The molecule has 1 amide bonds. The number of para-hydroxylation sites is 1. The molecule has 0 aliphatic heterocycles. The first-order valence-electron chi connectivity index (χ1n) is 9.63. The summed E-state index contributed by atoms with van der Waals surface area (Å²) in [5.74, 6) is 0.0889. The molecule has 4 rings (SSSR count). The number of rotatable bonds is 7. The lowest BCUT2D eigenvalue weighted by atomic mass is 10.1. The van der Waals surface area contributed by atoms with Crippen molar-refractivity contribution in [3.63, 3.8) is 0 Å². The van der Waals surface area contributed by atoms with Gasteiger partial charge >= 0.3 is 0 Å². The van der Waals surface area contributed by atoms with E-state index in [1.165, 1.54) is 10.9 Å². The summed E-state index contributed by atoms with van der Waals surface area (Å²) in [5, 5.41) is 4.35. The van der Waals surface area contributed by atoms with Crippen LogP contribution in [-0.2, 0) is 11.2 Å². The maximum Gasteiger partial charge on any atom is 0.220 e. The molecule has 0 radical (unpaired) electrons. The van der Waals surface area contributed by atoms with Crippen LogP contribution in [0.2, 0.25) is 0 Å². The van der Waals surface area contributed by atoms with Gasteiger partial charge < -0.3 is 14.9 Å². The molecular weight excluding hydrogens is 348 g/mol. The molecule has 0 saturated heterocycles. The number of aromatic amines is 1. The van der Waals surface area contributed by atoms with Crippen LogP contribution in [-0.4, -0.2) is 20.4 Å². The number of hydrogen-bond acceptors (Lipinski definition) is 2. The van der Waals surface area contributed by atoms with Crippen molar-refractivity contribution in [1.82, 2.24) is 19.9 Å². The zero-order valence-electron chi connectivity index (χ0n) is 15.9. The molecule has 2 N–H and O–H groups in total. The van der Waals surface area contributed by atoms with E-state index in [9.17, 15) is 4.79 Å². The highest BCUT2D eigenvalue weighted by atomic mass is 16.1. The number of aromatic nitrogens is 3. The fourth-order valence-electron chi connectivity index (χ4n) is 3.52. The van der Waals surface area contributed by atoms with Gasteiger partial charge in [0.15, 0.2) is 0 Å². The Bertz CT molecular complexity index is 1050. The van der Waals surface area contributed by atoms with E-state index in [0.717, 1.165) is 29.6 Å². The zero-order chi connectivity index (χ0) is 19.3. The summed E-state index contributed by atoms with van der Waals surface area (Å²) in [7, 11) is 0. The zero-order valence-corrected chi connectivity index (χ0v) is 15.9. The molecule has 0 bridgehead atoms. The number of carbonyl (C=O) groups is 1. The van der Waals surface area contributed by atoms with Crippen molar-refractivity contribution >= 4 is 16.8 Å². The molecular formula is C23H24N4O. The summed E-state index contributed by atoms with van der Waals surface area (Å²) < 4.78 is 1.96. The average Bonchev–Trinajstić information content (AvgIpc) is 3.39. The minimum Gasteiger partial charge on any atom is -0.361 e. The van der Waals surface area contributed by atoms with Crippen LogP contribution in [0.25, 0.3) is 16.6 Å². The number of benzene rings is 2. The molecule has 4 aromatic rings. The number of imidazole rings is 1. The fourth-order valence-corrected chi connectivity index (χ4v) is 3.52. The van der Waals surface area contributed by atoms with E-state index in [1.807, 2.05) is 60.3 Å². The van der Waals surface area contributed by atoms with Crippen LogP contribution in [0.1, 0.15) is 36.9 Å². The highest BCUT2D eigenvalue weighted by molar-refractivity contribution is 5.83. The summed E-state index contributed by atoms with van der Waals surface area (Å²) in [6.07, 6.45) is 9.74. The Labute approximate surface area is 164 Å². The molecule has 142 valence electrons. The molecule has 0 aliphatic rings. The van der Waals surface area contributed by atoms with Crippen LogP contribution >= 0.6 is 0 Å². The van der Waals surface area contributed by atoms with Gasteiger partial charge in [-0.25, -0.2) is 4.98 Å². The van der Waals surface area contributed by atoms with Gasteiger partial charge in [-0.1, -0.05) is 30.3 Å². The summed E-state index contributed by atoms with van der Waals surface area (Å²) in [6.45, 7) is 2.02. The average molecular weight is 372 g/mol. The minimum atomic E-state index is -0.0163. The standard InChI is InChI=1S/C23H24N4O/c1-17(18-9-11-20(12-10-18)27-14-13-24-16-27)26-23(28)8-4-5-19-15-25-22-7-3-2-6-21(19)22/h2-3,6-7,9-17,25H,4-5,8H2,1H3,(H,26,28). The van der Waals surface area contributed by atoms with Crippen molar-refractivity contribution in [1.29, 1.82) is 0 Å². The van der Waals surface area contributed by atoms with Gasteiger partial charge in [0, 0.05) is 41.6 Å². The van der Waals surface area contributed by atoms with E-state index in [-0.39, 0.29) is 11.9 Å². The van der Waals surface area contributed by atoms with E-state index in [0.29, 0.717) is 6.42 Å². The molecule has 0 spiro atoms. The summed E-state index contributed by atoms with van der Waals surface area (Å²) in [4.78, 5) is 19.7. The Balaban J connectivity index is 1.28. The van der Waals surface area contributed by atoms with Gasteiger partial charge in [-0.05, 0) is 49.1 Å². The van der Waals surface area contributed by atoms with E-state index in [2.05, 4.69) is 27.4 Å². The lowest BCUT2D eigenvalue weighted by Crippen LogP contribution is -2.26. The molecule has 0 aliphatic carbocycles. The predicted molar refractivity (Wildman–Crippen MR) is 111 cm³/mol. The third-order valence-electron chi connectivity index (χ3n) is 5.10. The Kier molecular flexibility index (Phi) is 5.24. The van der Waals surface area contributed by atoms with Crippen molar-refractivity contribution in [2.24, 2.45) is 0 Å². The van der Waals surface area contributed by atoms with Crippen molar-refractivity contribution in [3.8, 4) is 5.69 Å². The van der Waals surface area contributed by atoms with Gasteiger partial charge in [0.2, 0.25) is 5.91 Å². The number of hydrogen-bond donors (Lipinski definition) is 2. The third-order valence-corrected chi connectivity index (χ3v) is 5.10. The second kappa shape index (κ2) is 8.13. The number of H-pyrrole nitrogens is 1. The molecule has 28 heavy (non-hydrogen) atoms. The quantitative estimate of drug-likeness (QED) is 0.500. The number of carbonyl (C=O) groups excluding carboxylic acids is 1. The van der Waals surface area contributed by atoms with Gasteiger partial charge in [-0.3, -0.25) is 4.79 Å². The number of aryl methyl sites for hydroxylation is 1. The lowest BCUT2D eigenvalue weighted by molar-refractivity contribution is -0.121. The van der Waals surface area contributed by atoms with Crippen molar-refractivity contribution in [2.75, 3.05) is 0 Å². The van der Waals surface area contributed by atoms with E-state index >= 15 is 0 Å². The second-order valence-corrected chi connectivity index (χ2v) is 7.06. The molecule has 2 heterocycles. The first kappa shape index (κ1) is 18.0. The number of amides is 1. The van der Waals surface area contributed by atoms with E-state index in [4.69, 9.17) is 0 Å². The molecule has 0 fully saturated rings. The number of nitrogens with zero attached hydrogens (tertiary/aromatic N) is 2. The normalized spacial score (nSPS) is 12.2. The molecule has 5 nitrogen and oxygen atoms in total. The smallest absolute Gasteiger partial charge is 0.220 e. The molecule has 1 unspecified atom stereocenters. The second-order valence-electron chi connectivity index (χ2n) is 7.06. The molecule has 5 heteroatoms. The van der Waals surface area contributed by atoms with Gasteiger partial charge in [0.1, 0.15) is 0 Å². The molecule has 0 saturated carbocycles. The first-order valence-corrected chi connectivity index (χ1v) is 9.63. The maximum absolute atomic E-state index is 12.3. The van der Waals surface area contributed by atoms with Crippen LogP contribution in [0.4, 0.5) is 0 Å². The maximum atomic E-state index is 12.3. The summed E-state index contributed by atoms with van der Waals surface area (Å²) in [6, 6.07) is 16.4. The van der Waals surface area contributed by atoms with Crippen molar-refractivity contribution in [2.45, 2.75) is 32.2 Å². The third kappa shape index (κ3) is 3.98. The van der Waals surface area contributed by atoms with Crippen LogP contribution in [0.15, 0.2) is 73.4 Å². The summed E-state index contributed by atoms with van der Waals surface area (Å²) in [5.41, 5.74) is 4.56. The van der Waals surface area contributed by atoms with Gasteiger partial charge in [-0.2, -0.15) is 0 Å². The molecule has 1 atom stereocenters. The Morgan fingerprint density at radius 3 is 2.79 bits per heavy atom. The first-order chi connectivity index (χ1) is 13.7. The Morgan fingerprint density at radius 1 is 1.18 bits per heavy atom. The number of nitrogens with one attached hydrogen (secondary N) is 2. The minimum absolute atomic E-state index is 0.0163. The van der Waals surface area contributed by atoms with Crippen molar-refractivity contribution < 1.29 is 4.79 Å². The van der Waals surface area contributed by atoms with Crippen molar-refractivity contribution in [3.05, 3.63) is 84.6 Å². The SMILES string of the molecule is CC(NC(=O)CCCc1c[nH]c2ccccc12)c1ccc(-n2ccnc2)cc1. The van der Waals surface area contributed by atoms with E-state index in [1.54, 1.807) is 12.5 Å². The summed E-state index contributed by atoms with van der Waals surface area (Å²) >= 11 is 0. The topological polar surface area (TPSA) is 62.7 Å². The van der Waals surface area contributed by atoms with Gasteiger partial charge in [0.05, 0.1) is 12.4 Å². The van der Waals surface area contributed by atoms with E-state index < -0.39 is 0 Å². The molecule has 2 aromatic carbocycles. The Hall–Kier alpha value is -3.34. The highest BCUT2D eigenvalue weighted by Crippen LogP contribution is 2.20. The van der Waals surface area contributed by atoms with Crippen LogP contribution in [0, 0.1) is 0 Å².